The predicted molar refractivity (Wildman–Crippen MR) is 86.3 cm³/mol. The van der Waals surface area contributed by atoms with E-state index in [4.69, 9.17) is 4.74 Å². The van der Waals surface area contributed by atoms with Crippen molar-refractivity contribution in [1.29, 1.82) is 0 Å². The summed E-state index contributed by atoms with van der Waals surface area (Å²) in [6.45, 7) is 1.58. The quantitative estimate of drug-likeness (QED) is 0.880. The van der Waals surface area contributed by atoms with Gasteiger partial charge in [-0.15, -0.1) is 11.3 Å². The molecular weight excluding hydrogens is 298 g/mol. The molecule has 0 saturated heterocycles. The van der Waals surface area contributed by atoms with Gasteiger partial charge in [-0.2, -0.15) is 0 Å². The number of thiophene rings is 1. The second kappa shape index (κ2) is 6.32. The maximum atomic E-state index is 12.1. The van der Waals surface area contributed by atoms with Crippen LogP contribution in [-0.2, 0) is 22.4 Å². The lowest BCUT2D eigenvalue weighted by Crippen LogP contribution is -2.29. The summed E-state index contributed by atoms with van der Waals surface area (Å²) in [5.41, 5.74) is 1.93. The Kier molecular flexibility index (Phi) is 4.24. The fourth-order valence-electron chi connectivity index (χ4n) is 2.47. The number of rotatable bonds is 4. The van der Waals surface area contributed by atoms with Gasteiger partial charge in [-0.05, 0) is 49.9 Å². The van der Waals surface area contributed by atoms with Crippen LogP contribution in [0.2, 0.25) is 0 Å². The number of aryl methyl sites for hydroxylation is 2. The molecule has 5 heteroatoms. The van der Waals surface area contributed by atoms with Gasteiger partial charge in [0, 0.05) is 10.6 Å². The van der Waals surface area contributed by atoms with E-state index in [9.17, 15) is 9.59 Å². The molecule has 0 saturated carbocycles. The van der Waals surface area contributed by atoms with Gasteiger partial charge >= 0.3 is 5.97 Å². The molecule has 0 bridgehead atoms. The van der Waals surface area contributed by atoms with Crippen LogP contribution >= 0.6 is 11.3 Å². The third kappa shape index (κ3) is 3.20. The topological polar surface area (TPSA) is 55.4 Å². The van der Waals surface area contributed by atoms with Gasteiger partial charge in [0.1, 0.15) is 4.88 Å². The maximum Gasteiger partial charge on any atom is 0.349 e. The highest BCUT2D eigenvalue weighted by Crippen LogP contribution is 2.31. The molecule has 1 aromatic carbocycles. The first-order valence-corrected chi connectivity index (χ1v) is 8.13. The molecule has 2 aromatic rings. The number of esters is 1. The van der Waals surface area contributed by atoms with Crippen molar-refractivity contribution in [3.8, 4) is 0 Å². The highest BCUT2D eigenvalue weighted by atomic mass is 32.1. The molecule has 0 aliphatic heterocycles. The van der Waals surface area contributed by atoms with Crippen LogP contribution in [0.3, 0.4) is 0 Å². The molecule has 1 aromatic heterocycles. The monoisotopic (exact) mass is 315 g/mol. The first-order valence-electron chi connectivity index (χ1n) is 7.32. The second-order valence-corrected chi connectivity index (χ2v) is 6.45. The molecule has 4 nitrogen and oxygen atoms in total. The maximum absolute atomic E-state index is 12.1. The minimum Gasteiger partial charge on any atom is -0.448 e. The number of nitrogens with one attached hydrogen (secondary N) is 1. The summed E-state index contributed by atoms with van der Waals surface area (Å²) in [5.74, 6) is -0.751. The molecular formula is C17H17NO3S. The van der Waals surface area contributed by atoms with Crippen LogP contribution in [0, 0.1) is 0 Å². The molecule has 1 aliphatic rings. The van der Waals surface area contributed by atoms with Crippen molar-refractivity contribution in [2.24, 2.45) is 0 Å². The minimum absolute atomic E-state index is 0.330. The highest BCUT2D eigenvalue weighted by molar-refractivity contribution is 7.14. The first-order chi connectivity index (χ1) is 10.6. The lowest BCUT2D eigenvalue weighted by Gasteiger charge is -2.12. The zero-order chi connectivity index (χ0) is 15.5. The third-order valence-corrected chi connectivity index (χ3v) is 4.86. The van der Waals surface area contributed by atoms with Crippen molar-refractivity contribution in [3.05, 3.63) is 51.7 Å². The van der Waals surface area contributed by atoms with Gasteiger partial charge in [-0.3, -0.25) is 4.79 Å². The van der Waals surface area contributed by atoms with E-state index in [0.717, 1.165) is 19.3 Å². The number of hydrogen-bond donors (Lipinski definition) is 1. The smallest absolute Gasteiger partial charge is 0.349 e. The lowest BCUT2D eigenvalue weighted by molar-refractivity contribution is -0.123. The Hall–Kier alpha value is -2.14. The van der Waals surface area contributed by atoms with Crippen molar-refractivity contribution in [2.45, 2.75) is 32.3 Å². The summed E-state index contributed by atoms with van der Waals surface area (Å²) in [4.78, 5) is 26.0. The van der Waals surface area contributed by atoms with E-state index in [0.29, 0.717) is 10.6 Å². The summed E-state index contributed by atoms with van der Waals surface area (Å²) < 4.78 is 5.27. The van der Waals surface area contributed by atoms with Crippen LogP contribution in [0.15, 0.2) is 36.4 Å². The number of fused-ring (bicyclic) bond motifs is 1. The van der Waals surface area contributed by atoms with Gasteiger partial charge in [0.25, 0.3) is 5.91 Å². The van der Waals surface area contributed by atoms with Gasteiger partial charge in [0.05, 0.1) is 0 Å². The lowest BCUT2D eigenvalue weighted by atomic mass is 10.2. The van der Waals surface area contributed by atoms with Crippen molar-refractivity contribution < 1.29 is 14.3 Å². The van der Waals surface area contributed by atoms with E-state index < -0.39 is 12.1 Å². The Morgan fingerprint density at radius 2 is 2.00 bits per heavy atom. The zero-order valence-electron chi connectivity index (χ0n) is 12.3. The molecule has 1 heterocycles. The van der Waals surface area contributed by atoms with Crippen LogP contribution in [0.4, 0.5) is 5.69 Å². The van der Waals surface area contributed by atoms with E-state index in [1.807, 2.05) is 24.3 Å². The van der Waals surface area contributed by atoms with Crippen LogP contribution in [0.5, 0.6) is 0 Å². The largest absolute Gasteiger partial charge is 0.448 e. The van der Waals surface area contributed by atoms with Crippen molar-refractivity contribution >= 4 is 28.9 Å². The molecule has 0 spiro atoms. The number of carbonyl (C=O) groups is 2. The molecule has 1 N–H and O–H groups in total. The summed E-state index contributed by atoms with van der Waals surface area (Å²) in [7, 11) is 0. The predicted octanol–water partition coefficient (Wildman–Crippen LogP) is 3.42. The fourth-order valence-corrected chi connectivity index (χ4v) is 3.60. The minimum atomic E-state index is -0.829. The number of carbonyl (C=O) groups excluding carboxylic acids is 2. The average molecular weight is 315 g/mol. The van der Waals surface area contributed by atoms with Gasteiger partial charge in [-0.1, -0.05) is 18.2 Å². The zero-order valence-corrected chi connectivity index (χ0v) is 13.1. The highest BCUT2D eigenvalue weighted by Gasteiger charge is 2.23. The van der Waals surface area contributed by atoms with Gasteiger partial charge < -0.3 is 10.1 Å². The number of hydrogen-bond acceptors (Lipinski definition) is 4. The number of ether oxygens (including phenoxy) is 1. The van der Waals surface area contributed by atoms with Crippen LogP contribution in [0.1, 0.15) is 33.5 Å². The van der Waals surface area contributed by atoms with E-state index in [2.05, 4.69) is 5.32 Å². The molecule has 0 radical (unpaired) electrons. The molecule has 1 aliphatic carbocycles. The fraction of sp³-hybridized carbons (Fsp3) is 0.294. The van der Waals surface area contributed by atoms with Crippen molar-refractivity contribution in [1.82, 2.24) is 0 Å². The summed E-state index contributed by atoms with van der Waals surface area (Å²) in [6, 6.07) is 11.0. The number of para-hydroxylation sites is 1. The van der Waals surface area contributed by atoms with Gasteiger partial charge in [0.2, 0.25) is 0 Å². The molecule has 22 heavy (non-hydrogen) atoms. The van der Waals surface area contributed by atoms with Crippen LogP contribution < -0.4 is 5.32 Å². The molecule has 3 rings (SSSR count). The van der Waals surface area contributed by atoms with Gasteiger partial charge in [-0.25, -0.2) is 4.79 Å². The number of amides is 1. The number of benzene rings is 1. The standard InChI is InChI=1S/C17H17NO3S/c1-11(16(19)18-13-7-3-2-4-8-13)21-17(20)15-10-12-6-5-9-14(12)22-15/h2-4,7-8,10-11H,5-6,9H2,1H3,(H,18,19)/t11-/m0/s1. The summed E-state index contributed by atoms with van der Waals surface area (Å²) in [6.07, 6.45) is 2.40. The molecule has 114 valence electrons. The molecule has 1 atom stereocenters. The molecule has 0 fully saturated rings. The van der Waals surface area contributed by atoms with E-state index in [1.54, 1.807) is 19.1 Å². The van der Waals surface area contributed by atoms with Crippen molar-refractivity contribution in [2.75, 3.05) is 5.32 Å². The van der Waals surface area contributed by atoms with Crippen LogP contribution in [0.25, 0.3) is 0 Å². The molecule has 1 amide bonds. The summed E-state index contributed by atoms with van der Waals surface area (Å²) >= 11 is 1.48. The van der Waals surface area contributed by atoms with Crippen molar-refractivity contribution in [3.63, 3.8) is 0 Å². The van der Waals surface area contributed by atoms with E-state index in [1.165, 1.54) is 21.8 Å². The second-order valence-electron chi connectivity index (χ2n) is 5.32. The third-order valence-electron chi connectivity index (χ3n) is 3.64. The Balaban J connectivity index is 1.59. The average Bonchev–Trinajstić information content (AvgIpc) is 3.09. The van der Waals surface area contributed by atoms with Gasteiger partial charge in [0.15, 0.2) is 6.10 Å². The Labute approximate surface area is 133 Å². The first kappa shape index (κ1) is 14.8. The Morgan fingerprint density at radius 1 is 1.23 bits per heavy atom. The summed E-state index contributed by atoms with van der Waals surface area (Å²) in [5, 5.41) is 2.72. The normalized spacial score (nSPS) is 14.2. The Morgan fingerprint density at radius 3 is 2.73 bits per heavy atom. The van der Waals surface area contributed by atoms with Crippen LogP contribution in [-0.4, -0.2) is 18.0 Å². The van der Waals surface area contributed by atoms with E-state index in [-0.39, 0.29) is 5.91 Å². The van der Waals surface area contributed by atoms with E-state index >= 15 is 0 Å². The Bertz CT molecular complexity index is 672. The SMILES string of the molecule is C[C@H](OC(=O)c1cc2c(s1)CCC2)C(=O)Nc1ccccc1. The number of anilines is 1. The molecule has 0 unspecified atom stereocenters.